The lowest BCUT2D eigenvalue weighted by Gasteiger charge is -2.14. The highest BCUT2D eigenvalue weighted by atomic mass is 32.2. The summed E-state index contributed by atoms with van der Waals surface area (Å²) in [5, 5.41) is 9.08. The zero-order valence-electron chi connectivity index (χ0n) is 8.31. The van der Waals surface area contributed by atoms with Crippen molar-refractivity contribution < 1.29 is 14.6 Å². The van der Waals surface area contributed by atoms with Crippen LogP contribution in [-0.4, -0.2) is 40.8 Å². The number of carboxylic acid groups (broad SMARTS) is 1. The van der Waals surface area contributed by atoms with Crippen LogP contribution in [0.3, 0.4) is 0 Å². The number of ether oxygens (including phenoxy) is 1. The molecule has 4 nitrogen and oxygen atoms in total. The second kappa shape index (κ2) is 5.58. The average Bonchev–Trinajstić information content (AvgIpc) is 2.51. The Morgan fingerprint density at radius 1 is 1.79 bits per heavy atom. The molecule has 14 heavy (non-hydrogen) atoms. The van der Waals surface area contributed by atoms with Crippen molar-refractivity contribution in [3.05, 3.63) is 0 Å². The van der Waals surface area contributed by atoms with Gasteiger partial charge in [0.1, 0.15) is 6.04 Å². The Morgan fingerprint density at radius 3 is 3.00 bits per heavy atom. The molecular formula is C9H17NO3S. The highest BCUT2D eigenvalue weighted by Gasteiger charge is 2.24. The molecule has 1 rings (SSSR count). The van der Waals surface area contributed by atoms with Gasteiger partial charge in [0.2, 0.25) is 0 Å². The van der Waals surface area contributed by atoms with Gasteiger partial charge >= 0.3 is 5.97 Å². The predicted octanol–water partition coefficient (Wildman–Crippen LogP) is 0.699. The van der Waals surface area contributed by atoms with E-state index in [0.717, 1.165) is 18.8 Å². The summed E-state index contributed by atoms with van der Waals surface area (Å²) in [4.78, 5) is 10.4. The third kappa shape index (κ3) is 3.48. The molecule has 5 heteroatoms. The smallest absolute Gasteiger partial charge is 0.320 e. The maximum Gasteiger partial charge on any atom is 0.320 e. The fraction of sp³-hybridized carbons (Fsp3) is 0.889. The van der Waals surface area contributed by atoms with Crippen molar-refractivity contribution in [2.75, 3.05) is 12.4 Å². The fourth-order valence-electron chi connectivity index (χ4n) is 1.40. The van der Waals surface area contributed by atoms with Gasteiger partial charge in [0.15, 0.2) is 0 Å². The van der Waals surface area contributed by atoms with Gasteiger partial charge in [0.05, 0.1) is 6.10 Å². The number of thioether (sulfide) groups is 1. The number of aliphatic carboxylic acids is 1. The molecule has 0 aromatic heterocycles. The summed E-state index contributed by atoms with van der Waals surface area (Å²) in [7, 11) is 0. The van der Waals surface area contributed by atoms with Crippen LogP contribution in [0.5, 0.6) is 0 Å². The Labute approximate surface area is 88.2 Å². The normalized spacial score (nSPS) is 29.0. The second-order valence-corrected chi connectivity index (χ2v) is 4.85. The van der Waals surface area contributed by atoms with Gasteiger partial charge in [-0.2, -0.15) is 11.8 Å². The van der Waals surface area contributed by atoms with Gasteiger partial charge in [-0.05, 0) is 25.5 Å². The Hall–Kier alpha value is -0.260. The fourth-order valence-corrected chi connectivity index (χ4v) is 2.71. The molecule has 0 saturated carbocycles. The van der Waals surface area contributed by atoms with Crippen molar-refractivity contribution in [1.29, 1.82) is 0 Å². The van der Waals surface area contributed by atoms with Crippen LogP contribution in [0.15, 0.2) is 0 Å². The number of carboxylic acids is 1. The van der Waals surface area contributed by atoms with Crippen LogP contribution in [0, 0.1) is 0 Å². The molecule has 0 aromatic rings. The first kappa shape index (κ1) is 11.8. The Balaban J connectivity index is 2.11. The van der Waals surface area contributed by atoms with Gasteiger partial charge in [-0.1, -0.05) is 0 Å². The standard InChI is InChI=1S/C9H17NO3S/c1-6-8(2-4-13-6)14-5-3-7(10)9(11)12/h6-8H,2-5,10H2,1H3,(H,11,12). The minimum Gasteiger partial charge on any atom is -0.480 e. The van der Waals surface area contributed by atoms with E-state index in [1.807, 2.05) is 0 Å². The minimum absolute atomic E-state index is 0.293. The summed E-state index contributed by atoms with van der Waals surface area (Å²) in [5.41, 5.74) is 5.39. The van der Waals surface area contributed by atoms with E-state index < -0.39 is 12.0 Å². The SMILES string of the molecule is CC1OCCC1SCCC(N)C(=O)O. The van der Waals surface area contributed by atoms with Crippen molar-refractivity contribution in [1.82, 2.24) is 0 Å². The van der Waals surface area contributed by atoms with Crippen LogP contribution in [0.25, 0.3) is 0 Å². The molecule has 0 aliphatic carbocycles. The van der Waals surface area contributed by atoms with Gasteiger partial charge in [0.25, 0.3) is 0 Å². The molecule has 3 N–H and O–H groups in total. The van der Waals surface area contributed by atoms with Crippen LogP contribution in [0.1, 0.15) is 19.8 Å². The first-order valence-corrected chi connectivity index (χ1v) is 5.87. The monoisotopic (exact) mass is 219 g/mol. The zero-order valence-corrected chi connectivity index (χ0v) is 9.13. The molecule has 1 aliphatic heterocycles. The molecule has 3 atom stereocenters. The third-order valence-corrected chi connectivity index (χ3v) is 3.90. The van der Waals surface area contributed by atoms with Crippen molar-refractivity contribution in [3.8, 4) is 0 Å². The maximum absolute atomic E-state index is 10.4. The van der Waals surface area contributed by atoms with Crippen molar-refractivity contribution in [2.45, 2.75) is 37.2 Å². The average molecular weight is 219 g/mol. The predicted molar refractivity (Wildman–Crippen MR) is 56.5 cm³/mol. The number of carbonyl (C=O) groups is 1. The van der Waals surface area contributed by atoms with E-state index in [9.17, 15) is 4.79 Å². The number of hydrogen-bond acceptors (Lipinski definition) is 4. The lowest BCUT2D eigenvalue weighted by Crippen LogP contribution is -2.30. The lowest BCUT2D eigenvalue weighted by atomic mass is 10.2. The molecular weight excluding hydrogens is 202 g/mol. The molecule has 1 heterocycles. The third-order valence-electron chi connectivity index (χ3n) is 2.38. The van der Waals surface area contributed by atoms with Crippen LogP contribution in [0.2, 0.25) is 0 Å². The molecule has 0 spiro atoms. The van der Waals surface area contributed by atoms with E-state index >= 15 is 0 Å². The van der Waals surface area contributed by atoms with E-state index in [4.69, 9.17) is 15.6 Å². The van der Waals surface area contributed by atoms with E-state index in [1.54, 1.807) is 11.8 Å². The van der Waals surface area contributed by atoms with Gasteiger partial charge in [-0.15, -0.1) is 0 Å². The van der Waals surface area contributed by atoms with Gasteiger partial charge in [-0.25, -0.2) is 0 Å². The Kier molecular flexibility index (Phi) is 4.71. The first-order valence-electron chi connectivity index (χ1n) is 4.83. The Bertz CT molecular complexity index is 200. The molecule has 1 fully saturated rings. The molecule has 0 aromatic carbocycles. The van der Waals surface area contributed by atoms with Crippen LogP contribution < -0.4 is 5.73 Å². The topological polar surface area (TPSA) is 72.5 Å². The molecule has 1 saturated heterocycles. The summed E-state index contributed by atoms with van der Waals surface area (Å²) >= 11 is 1.77. The summed E-state index contributed by atoms with van der Waals surface area (Å²) in [6.07, 6.45) is 1.89. The van der Waals surface area contributed by atoms with E-state index in [0.29, 0.717) is 17.8 Å². The number of nitrogens with two attached hydrogens (primary N) is 1. The van der Waals surface area contributed by atoms with Gasteiger partial charge in [-0.3, -0.25) is 4.79 Å². The van der Waals surface area contributed by atoms with E-state index in [-0.39, 0.29) is 0 Å². The van der Waals surface area contributed by atoms with Crippen LogP contribution in [0.4, 0.5) is 0 Å². The van der Waals surface area contributed by atoms with Crippen molar-refractivity contribution in [2.24, 2.45) is 5.73 Å². The van der Waals surface area contributed by atoms with Crippen LogP contribution >= 0.6 is 11.8 Å². The quantitative estimate of drug-likeness (QED) is 0.712. The Morgan fingerprint density at radius 2 is 2.50 bits per heavy atom. The number of rotatable bonds is 5. The molecule has 1 aliphatic rings. The van der Waals surface area contributed by atoms with Crippen LogP contribution in [-0.2, 0) is 9.53 Å². The maximum atomic E-state index is 10.4. The lowest BCUT2D eigenvalue weighted by molar-refractivity contribution is -0.138. The largest absolute Gasteiger partial charge is 0.480 e. The molecule has 0 bridgehead atoms. The highest BCUT2D eigenvalue weighted by Crippen LogP contribution is 2.26. The molecule has 3 unspecified atom stereocenters. The van der Waals surface area contributed by atoms with E-state index in [1.165, 1.54) is 0 Å². The highest BCUT2D eigenvalue weighted by molar-refractivity contribution is 7.99. The second-order valence-electron chi connectivity index (χ2n) is 3.51. The van der Waals surface area contributed by atoms with Crippen molar-refractivity contribution >= 4 is 17.7 Å². The van der Waals surface area contributed by atoms with E-state index in [2.05, 4.69) is 6.92 Å². The molecule has 82 valence electrons. The molecule has 0 amide bonds. The summed E-state index contributed by atoms with van der Waals surface area (Å²) < 4.78 is 5.40. The van der Waals surface area contributed by atoms with Gasteiger partial charge in [0, 0.05) is 11.9 Å². The van der Waals surface area contributed by atoms with Crippen molar-refractivity contribution in [3.63, 3.8) is 0 Å². The summed E-state index contributed by atoms with van der Waals surface area (Å²) in [5.74, 6) is -0.118. The minimum atomic E-state index is -0.915. The number of hydrogen-bond donors (Lipinski definition) is 2. The summed E-state index contributed by atoms with van der Waals surface area (Å²) in [6, 6.07) is -0.722. The molecule has 0 radical (unpaired) electrons. The first-order chi connectivity index (χ1) is 6.61. The van der Waals surface area contributed by atoms with Gasteiger partial charge < -0.3 is 15.6 Å². The summed E-state index contributed by atoms with van der Waals surface area (Å²) in [6.45, 7) is 2.88. The zero-order chi connectivity index (χ0) is 10.6.